The molecule has 0 radical (unpaired) electrons. The van der Waals surface area contributed by atoms with Crippen LogP contribution in [0, 0.1) is 0 Å². The van der Waals surface area contributed by atoms with Gasteiger partial charge in [-0.2, -0.15) is 0 Å². The number of benzene rings is 1. The molecule has 0 fully saturated rings. The minimum absolute atomic E-state index is 0.109. The number of nitrogens with one attached hydrogen (secondary N) is 1. The number of hydrogen-bond donors (Lipinski definition) is 2. The second-order valence-corrected chi connectivity index (χ2v) is 5.70. The molecule has 2 rings (SSSR count). The smallest absolute Gasteiger partial charge is 0.270 e. The molecule has 0 bridgehead atoms. The van der Waals surface area contributed by atoms with Crippen molar-refractivity contribution in [3.63, 3.8) is 0 Å². The van der Waals surface area contributed by atoms with Gasteiger partial charge in [0.05, 0.1) is 10.6 Å². The number of fused-ring (bicyclic) bond motifs is 1. The van der Waals surface area contributed by atoms with E-state index in [-0.39, 0.29) is 5.75 Å². The molecular weight excluding hydrogens is 244 g/mol. The summed E-state index contributed by atoms with van der Waals surface area (Å²) >= 11 is 0. The van der Waals surface area contributed by atoms with Crippen molar-refractivity contribution >= 4 is 27.6 Å². The Labute approximate surface area is 97.9 Å². The van der Waals surface area contributed by atoms with Gasteiger partial charge in [-0.3, -0.25) is 4.79 Å². The van der Waals surface area contributed by atoms with Crippen molar-refractivity contribution in [3.8, 4) is 0 Å². The standard InChI is InChI=1S/C10H10N2O4S/c13-10(6-11-14)12-8-1-2-9-7(5-8)3-4-17(9,15)16/h1-2,5-6,14H,3-4H2,(H,12,13)/b11-6+. The van der Waals surface area contributed by atoms with Gasteiger partial charge >= 0.3 is 0 Å². The number of hydrogen-bond acceptors (Lipinski definition) is 5. The number of oxime groups is 1. The Kier molecular flexibility index (Phi) is 2.84. The number of sulfone groups is 1. The summed E-state index contributed by atoms with van der Waals surface area (Å²) in [6.07, 6.45) is 1.18. The summed E-state index contributed by atoms with van der Waals surface area (Å²) in [4.78, 5) is 11.4. The molecule has 1 heterocycles. The van der Waals surface area contributed by atoms with Crippen LogP contribution in [0.25, 0.3) is 0 Å². The summed E-state index contributed by atoms with van der Waals surface area (Å²) in [6, 6.07) is 4.59. The topological polar surface area (TPSA) is 95.8 Å². The van der Waals surface area contributed by atoms with Crippen LogP contribution in [0.5, 0.6) is 0 Å². The Morgan fingerprint density at radius 3 is 2.94 bits per heavy atom. The maximum atomic E-state index is 11.5. The lowest BCUT2D eigenvalue weighted by Gasteiger charge is -2.04. The maximum absolute atomic E-state index is 11.5. The molecule has 1 aliphatic heterocycles. The van der Waals surface area contributed by atoms with Gasteiger partial charge in [-0.15, -0.1) is 0 Å². The summed E-state index contributed by atoms with van der Waals surface area (Å²) in [6.45, 7) is 0. The summed E-state index contributed by atoms with van der Waals surface area (Å²) < 4.78 is 23.1. The van der Waals surface area contributed by atoms with Crippen LogP contribution >= 0.6 is 0 Å². The molecule has 1 aromatic carbocycles. The number of aryl methyl sites for hydroxylation is 1. The molecule has 1 amide bonds. The van der Waals surface area contributed by atoms with Gasteiger partial charge in [0.1, 0.15) is 6.21 Å². The van der Waals surface area contributed by atoms with Crippen LogP contribution in [0.3, 0.4) is 0 Å². The molecule has 2 N–H and O–H groups in total. The first kappa shape index (κ1) is 11.6. The van der Waals surface area contributed by atoms with Crippen molar-refractivity contribution in [2.24, 2.45) is 5.16 Å². The number of amides is 1. The zero-order chi connectivity index (χ0) is 12.5. The fraction of sp³-hybridized carbons (Fsp3) is 0.200. The second-order valence-electron chi connectivity index (χ2n) is 3.63. The maximum Gasteiger partial charge on any atom is 0.270 e. The first-order valence-electron chi connectivity index (χ1n) is 4.87. The van der Waals surface area contributed by atoms with E-state index < -0.39 is 15.7 Å². The van der Waals surface area contributed by atoms with Gasteiger partial charge in [0.2, 0.25) is 0 Å². The van der Waals surface area contributed by atoms with Gasteiger partial charge in [-0.05, 0) is 30.2 Å². The van der Waals surface area contributed by atoms with E-state index in [1.807, 2.05) is 0 Å². The molecule has 0 atom stereocenters. The second kappa shape index (κ2) is 4.17. The summed E-state index contributed by atoms with van der Waals surface area (Å²) in [5.41, 5.74) is 1.18. The predicted molar refractivity (Wildman–Crippen MR) is 61.1 cm³/mol. The van der Waals surface area contributed by atoms with Crippen LogP contribution in [-0.2, 0) is 21.1 Å². The summed E-state index contributed by atoms with van der Waals surface area (Å²) in [5.74, 6) is -0.467. The van der Waals surface area contributed by atoms with Gasteiger partial charge < -0.3 is 10.5 Å². The number of nitrogens with zero attached hydrogens (tertiary/aromatic N) is 1. The molecular formula is C10H10N2O4S. The highest BCUT2D eigenvalue weighted by Crippen LogP contribution is 2.28. The van der Waals surface area contributed by atoms with Crippen LogP contribution in [0.15, 0.2) is 28.3 Å². The highest BCUT2D eigenvalue weighted by atomic mass is 32.2. The Hall–Kier alpha value is -1.89. The van der Waals surface area contributed by atoms with Gasteiger partial charge in [-0.1, -0.05) is 5.16 Å². The molecule has 6 nitrogen and oxygen atoms in total. The van der Waals surface area contributed by atoms with E-state index >= 15 is 0 Å². The minimum Gasteiger partial charge on any atom is -0.411 e. The number of carbonyl (C=O) groups is 1. The van der Waals surface area contributed by atoms with Crippen LogP contribution in [0.2, 0.25) is 0 Å². The molecule has 0 aromatic heterocycles. The van der Waals surface area contributed by atoms with Crippen molar-refractivity contribution < 1.29 is 18.4 Å². The normalized spacial score (nSPS) is 16.9. The van der Waals surface area contributed by atoms with E-state index in [1.54, 1.807) is 6.07 Å². The Balaban J connectivity index is 2.28. The first-order chi connectivity index (χ1) is 8.03. The third-order valence-electron chi connectivity index (χ3n) is 2.48. The van der Waals surface area contributed by atoms with Gasteiger partial charge in [0, 0.05) is 5.69 Å². The molecule has 1 aromatic rings. The fourth-order valence-corrected chi connectivity index (χ4v) is 3.28. The number of carbonyl (C=O) groups excluding carboxylic acids is 1. The van der Waals surface area contributed by atoms with Crippen molar-refractivity contribution in [2.45, 2.75) is 11.3 Å². The third kappa shape index (κ3) is 2.28. The zero-order valence-corrected chi connectivity index (χ0v) is 9.57. The average molecular weight is 254 g/mol. The van der Waals surface area contributed by atoms with Crippen molar-refractivity contribution in [1.29, 1.82) is 0 Å². The summed E-state index contributed by atoms with van der Waals surface area (Å²) in [7, 11) is -3.14. The van der Waals surface area contributed by atoms with Gasteiger partial charge in [-0.25, -0.2) is 8.42 Å². The largest absolute Gasteiger partial charge is 0.411 e. The highest BCUT2D eigenvalue weighted by Gasteiger charge is 2.25. The van der Waals surface area contributed by atoms with E-state index in [2.05, 4.69) is 10.5 Å². The molecule has 0 unspecified atom stereocenters. The SMILES string of the molecule is O=C(/C=N/O)Nc1ccc2c(c1)CCS2(=O)=O. The molecule has 0 saturated heterocycles. The molecule has 90 valence electrons. The minimum atomic E-state index is -3.14. The molecule has 17 heavy (non-hydrogen) atoms. The van der Waals surface area contributed by atoms with Crippen LogP contribution in [-0.4, -0.2) is 31.5 Å². The lowest BCUT2D eigenvalue weighted by atomic mass is 10.1. The molecule has 0 aliphatic carbocycles. The van der Waals surface area contributed by atoms with E-state index in [1.165, 1.54) is 12.1 Å². The molecule has 7 heteroatoms. The Morgan fingerprint density at radius 2 is 2.24 bits per heavy atom. The monoisotopic (exact) mass is 254 g/mol. The third-order valence-corrected chi connectivity index (χ3v) is 4.29. The lowest BCUT2D eigenvalue weighted by molar-refractivity contribution is -0.110. The van der Waals surface area contributed by atoms with Crippen molar-refractivity contribution in [2.75, 3.05) is 11.1 Å². The Morgan fingerprint density at radius 1 is 1.47 bits per heavy atom. The number of anilines is 1. The Bertz CT molecular complexity index is 592. The fourth-order valence-electron chi connectivity index (χ4n) is 1.74. The van der Waals surface area contributed by atoms with E-state index in [9.17, 15) is 13.2 Å². The molecule has 0 spiro atoms. The molecule has 1 aliphatic rings. The first-order valence-corrected chi connectivity index (χ1v) is 6.52. The van der Waals surface area contributed by atoms with Crippen molar-refractivity contribution in [1.82, 2.24) is 0 Å². The highest BCUT2D eigenvalue weighted by molar-refractivity contribution is 7.91. The van der Waals surface area contributed by atoms with E-state index in [0.29, 0.717) is 22.6 Å². The van der Waals surface area contributed by atoms with Gasteiger partial charge in [0.25, 0.3) is 5.91 Å². The predicted octanol–water partition coefficient (Wildman–Crippen LogP) is 0.415. The lowest BCUT2D eigenvalue weighted by Crippen LogP contribution is -2.12. The summed E-state index contributed by atoms with van der Waals surface area (Å²) in [5, 5.41) is 13.2. The quantitative estimate of drug-likeness (QED) is 0.454. The average Bonchev–Trinajstić information content (AvgIpc) is 2.55. The van der Waals surface area contributed by atoms with E-state index in [4.69, 9.17) is 5.21 Å². The number of rotatable bonds is 2. The zero-order valence-electron chi connectivity index (χ0n) is 8.75. The van der Waals surface area contributed by atoms with Crippen molar-refractivity contribution in [3.05, 3.63) is 23.8 Å². The van der Waals surface area contributed by atoms with Crippen LogP contribution in [0.1, 0.15) is 5.56 Å². The van der Waals surface area contributed by atoms with Crippen LogP contribution in [0.4, 0.5) is 5.69 Å². The molecule has 0 saturated carbocycles. The van der Waals surface area contributed by atoms with E-state index in [0.717, 1.165) is 6.21 Å². The van der Waals surface area contributed by atoms with Gasteiger partial charge in [0.15, 0.2) is 9.84 Å². The van der Waals surface area contributed by atoms with Crippen LogP contribution < -0.4 is 5.32 Å².